The molecule has 0 radical (unpaired) electrons. The second-order valence-electron chi connectivity index (χ2n) is 5.99. The number of carbonyl (C=O) groups is 3. The molecule has 0 fully saturated rings. The third kappa shape index (κ3) is 13.3. The largest absolute Gasteiger partial charge is 0.457 e. The van der Waals surface area contributed by atoms with Crippen molar-refractivity contribution in [3.8, 4) is 0 Å². The average molecular weight is 434 g/mol. The summed E-state index contributed by atoms with van der Waals surface area (Å²) in [5.74, 6) is -2.36. The maximum absolute atomic E-state index is 11.3. The Hall–Kier alpha value is -2.50. The molecule has 0 aliphatic rings. The minimum atomic E-state index is -4.17. The second-order valence-corrected chi connectivity index (χ2v) is 7.56. The fourth-order valence-corrected chi connectivity index (χ4v) is 2.94. The van der Waals surface area contributed by atoms with Crippen LogP contribution in [0.1, 0.15) is 6.42 Å². The molecule has 0 bridgehead atoms. The van der Waals surface area contributed by atoms with E-state index in [1.807, 2.05) is 0 Å². The van der Waals surface area contributed by atoms with E-state index in [1.165, 1.54) is 0 Å². The van der Waals surface area contributed by atoms with Gasteiger partial charge in [-0.15, -0.1) is 0 Å². The Morgan fingerprint density at radius 3 is 1.38 bits per heavy atom. The number of hydrogen-bond donors (Lipinski definition) is 1. The molecule has 0 aliphatic carbocycles. The number of carbonyl (C=O) groups excluding carboxylic acids is 3. The Morgan fingerprint density at radius 1 is 0.759 bits per heavy atom. The number of hydrogen-bond acceptors (Lipinski definition) is 8. The van der Waals surface area contributed by atoms with Crippen molar-refractivity contribution in [1.29, 1.82) is 0 Å². The first-order valence-electron chi connectivity index (χ1n) is 8.75. The highest BCUT2D eigenvalue weighted by atomic mass is 32.2. The summed E-state index contributed by atoms with van der Waals surface area (Å²) in [6.07, 6.45) is 3.10. The molecule has 29 heavy (non-hydrogen) atoms. The summed E-state index contributed by atoms with van der Waals surface area (Å²) in [5, 5.41) is 0. The van der Waals surface area contributed by atoms with Crippen LogP contribution in [-0.2, 0) is 38.7 Å². The minimum absolute atomic E-state index is 0.0263. The van der Waals surface area contributed by atoms with Crippen LogP contribution in [0.15, 0.2) is 38.0 Å². The van der Waals surface area contributed by atoms with Gasteiger partial charge in [-0.1, -0.05) is 19.7 Å². The fourth-order valence-electron chi connectivity index (χ4n) is 2.45. The standard InChI is InChI=1S/C18H27NO9S/c1-4-16(20)26-12-9-19(8-7-15-29(23,24)25,10-13-27-17(21)5-2)11-14-28-18(22)6-3/h4-6H,1-3,7-15H2/p+1. The third-order valence-electron chi connectivity index (χ3n) is 3.96. The van der Waals surface area contributed by atoms with Gasteiger partial charge in [0.2, 0.25) is 0 Å². The first-order chi connectivity index (χ1) is 13.6. The molecular formula is C18H28NO9S+. The number of nitrogens with zero attached hydrogens (tertiary/aromatic N) is 1. The summed E-state index contributed by atoms with van der Waals surface area (Å²) < 4.78 is 46.2. The van der Waals surface area contributed by atoms with Crippen molar-refractivity contribution in [3.05, 3.63) is 38.0 Å². The van der Waals surface area contributed by atoms with E-state index in [4.69, 9.17) is 18.8 Å². The lowest BCUT2D eigenvalue weighted by molar-refractivity contribution is -0.928. The van der Waals surface area contributed by atoms with Gasteiger partial charge in [0.15, 0.2) is 0 Å². The number of ether oxygens (including phenoxy) is 3. The molecule has 164 valence electrons. The Bertz CT molecular complexity index is 636. The van der Waals surface area contributed by atoms with Crippen molar-refractivity contribution < 1.29 is 46.0 Å². The first-order valence-corrected chi connectivity index (χ1v) is 10.4. The number of esters is 3. The molecule has 0 aromatic rings. The Balaban J connectivity index is 5.28. The summed E-state index contributed by atoms with van der Waals surface area (Å²) in [4.78, 5) is 33.9. The normalized spacial score (nSPS) is 11.2. The van der Waals surface area contributed by atoms with Crippen LogP contribution < -0.4 is 0 Å². The minimum Gasteiger partial charge on any atom is -0.457 e. The first kappa shape index (κ1) is 26.5. The van der Waals surface area contributed by atoms with Gasteiger partial charge in [0.25, 0.3) is 10.1 Å². The fraction of sp³-hybridized carbons (Fsp3) is 0.500. The van der Waals surface area contributed by atoms with Gasteiger partial charge in [-0.25, -0.2) is 14.4 Å². The van der Waals surface area contributed by atoms with Gasteiger partial charge in [0.05, 0.1) is 12.3 Å². The average Bonchev–Trinajstić information content (AvgIpc) is 2.66. The highest BCUT2D eigenvalue weighted by molar-refractivity contribution is 7.85. The van der Waals surface area contributed by atoms with Crippen LogP contribution in [0.5, 0.6) is 0 Å². The zero-order valence-electron chi connectivity index (χ0n) is 16.3. The molecule has 0 aromatic heterocycles. The van der Waals surface area contributed by atoms with Crippen molar-refractivity contribution in [3.63, 3.8) is 0 Å². The molecule has 0 heterocycles. The molecule has 0 aromatic carbocycles. The van der Waals surface area contributed by atoms with E-state index in [2.05, 4.69) is 19.7 Å². The van der Waals surface area contributed by atoms with Crippen LogP contribution >= 0.6 is 0 Å². The van der Waals surface area contributed by atoms with Crippen LogP contribution in [0.4, 0.5) is 0 Å². The van der Waals surface area contributed by atoms with Crippen LogP contribution in [0.3, 0.4) is 0 Å². The molecule has 11 heteroatoms. The maximum Gasteiger partial charge on any atom is 0.330 e. The topological polar surface area (TPSA) is 133 Å². The van der Waals surface area contributed by atoms with E-state index in [-0.39, 0.29) is 56.9 Å². The molecule has 0 aliphatic heterocycles. The third-order valence-corrected chi connectivity index (χ3v) is 4.77. The van der Waals surface area contributed by atoms with Crippen molar-refractivity contribution in [2.75, 3.05) is 51.8 Å². The lowest BCUT2D eigenvalue weighted by Gasteiger charge is -2.38. The SMILES string of the molecule is C=CC(=O)OCC[N+](CCCS(=O)(=O)O)(CCOC(=O)C=C)CCOC(=O)C=C. The molecular weight excluding hydrogens is 406 g/mol. The summed E-state index contributed by atoms with van der Waals surface area (Å²) in [6.45, 7) is 10.7. The lowest BCUT2D eigenvalue weighted by Crippen LogP contribution is -2.55. The molecule has 1 N–H and O–H groups in total. The van der Waals surface area contributed by atoms with Gasteiger partial charge in [-0.05, 0) is 0 Å². The molecule has 0 rings (SSSR count). The van der Waals surface area contributed by atoms with Gasteiger partial charge in [0.1, 0.15) is 39.5 Å². The quantitative estimate of drug-likeness (QED) is 0.119. The molecule has 0 atom stereocenters. The van der Waals surface area contributed by atoms with Crippen LogP contribution in [0, 0.1) is 0 Å². The van der Waals surface area contributed by atoms with Crippen molar-refractivity contribution in [1.82, 2.24) is 0 Å². The van der Waals surface area contributed by atoms with Gasteiger partial charge >= 0.3 is 17.9 Å². The molecule has 0 saturated heterocycles. The maximum atomic E-state index is 11.3. The Morgan fingerprint density at radius 2 is 1.10 bits per heavy atom. The van der Waals surface area contributed by atoms with E-state index in [9.17, 15) is 22.8 Å². The highest BCUT2D eigenvalue weighted by Gasteiger charge is 2.29. The second kappa shape index (κ2) is 13.6. The zero-order chi connectivity index (χ0) is 22.3. The van der Waals surface area contributed by atoms with Crippen LogP contribution in [-0.4, -0.2) is 87.1 Å². The van der Waals surface area contributed by atoms with Gasteiger partial charge < -0.3 is 18.7 Å². The van der Waals surface area contributed by atoms with Crippen molar-refractivity contribution >= 4 is 28.0 Å². The molecule has 10 nitrogen and oxygen atoms in total. The molecule has 0 unspecified atom stereocenters. The smallest absolute Gasteiger partial charge is 0.330 e. The summed E-state index contributed by atoms with van der Waals surface area (Å²) in [6, 6.07) is 0. The molecule has 0 saturated carbocycles. The summed E-state index contributed by atoms with van der Waals surface area (Å²) in [7, 11) is -4.17. The lowest BCUT2D eigenvalue weighted by atomic mass is 10.2. The predicted molar refractivity (Wildman–Crippen MR) is 104 cm³/mol. The van der Waals surface area contributed by atoms with Crippen LogP contribution in [0.25, 0.3) is 0 Å². The zero-order valence-corrected chi connectivity index (χ0v) is 17.1. The van der Waals surface area contributed by atoms with E-state index >= 15 is 0 Å². The molecule has 0 spiro atoms. The van der Waals surface area contributed by atoms with E-state index in [1.54, 1.807) is 0 Å². The van der Waals surface area contributed by atoms with Gasteiger partial charge in [-0.3, -0.25) is 4.55 Å². The Kier molecular flexibility index (Phi) is 12.5. The molecule has 0 amide bonds. The number of quaternary nitrogens is 1. The van der Waals surface area contributed by atoms with E-state index in [0.29, 0.717) is 0 Å². The van der Waals surface area contributed by atoms with Crippen molar-refractivity contribution in [2.24, 2.45) is 0 Å². The van der Waals surface area contributed by atoms with Crippen molar-refractivity contribution in [2.45, 2.75) is 6.42 Å². The Labute approximate surface area is 170 Å². The highest BCUT2D eigenvalue weighted by Crippen LogP contribution is 2.11. The van der Waals surface area contributed by atoms with Gasteiger partial charge in [0, 0.05) is 24.6 Å². The van der Waals surface area contributed by atoms with E-state index in [0.717, 1.165) is 18.2 Å². The van der Waals surface area contributed by atoms with Crippen LogP contribution in [0.2, 0.25) is 0 Å². The summed E-state index contributed by atoms with van der Waals surface area (Å²) >= 11 is 0. The predicted octanol–water partition coefficient (Wildman–Crippen LogP) is 0.269. The van der Waals surface area contributed by atoms with E-state index < -0.39 is 33.8 Å². The number of rotatable bonds is 16. The van der Waals surface area contributed by atoms with Gasteiger partial charge in [-0.2, -0.15) is 8.42 Å². The summed E-state index contributed by atoms with van der Waals surface area (Å²) in [5.41, 5.74) is 0. The monoisotopic (exact) mass is 434 g/mol.